The van der Waals surface area contributed by atoms with Crippen LogP contribution >= 0.6 is 0 Å². The molecule has 0 heterocycles. The van der Waals surface area contributed by atoms with Crippen molar-refractivity contribution in [2.45, 2.75) is 51.0 Å². The zero-order chi connectivity index (χ0) is 15.5. The topological polar surface area (TPSA) is 52.3 Å². The lowest BCUT2D eigenvalue weighted by atomic mass is 9.99. The lowest BCUT2D eigenvalue weighted by molar-refractivity contribution is -0.140. The van der Waals surface area contributed by atoms with Gasteiger partial charge in [0.2, 0.25) is 0 Å². The van der Waals surface area contributed by atoms with Crippen LogP contribution in [0.3, 0.4) is 0 Å². The van der Waals surface area contributed by atoms with Gasteiger partial charge in [-0.25, -0.2) is 0 Å². The number of hydrogen-bond acceptors (Lipinski definition) is 3. The average molecular weight is 295 g/mol. The summed E-state index contributed by atoms with van der Waals surface area (Å²) in [7, 11) is 1.41. The van der Waals surface area contributed by atoms with Crippen molar-refractivity contribution in [3.05, 3.63) is 35.4 Å². The van der Waals surface area contributed by atoms with E-state index < -0.39 is 0 Å². The fourth-order valence-corrected chi connectivity index (χ4v) is 2.27. The van der Waals surface area contributed by atoms with Crippen LogP contribution in [0.25, 0.3) is 0 Å². The van der Waals surface area contributed by atoms with E-state index >= 15 is 0 Å². The highest BCUT2D eigenvalue weighted by Gasteiger charge is 2.06. The Hall–Kier alpha value is -1.42. The highest BCUT2D eigenvalue weighted by atomic mass is 19.1. The molecule has 3 nitrogen and oxygen atoms in total. The Morgan fingerprint density at radius 2 is 1.90 bits per heavy atom. The maximum Gasteiger partial charge on any atom is 0.305 e. The highest BCUT2D eigenvalue weighted by Crippen LogP contribution is 2.18. The minimum absolute atomic E-state index is 0.0220. The van der Waals surface area contributed by atoms with Gasteiger partial charge in [-0.15, -0.1) is 0 Å². The van der Waals surface area contributed by atoms with E-state index in [0.717, 1.165) is 37.7 Å². The SMILES string of the molecule is COC(=O)CCCc1ccc(C(N)CCCCCF)cc1. The van der Waals surface area contributed by atoms with Crippen LogP contribution in [0.5, 0.6) is 0 Å². The third kappa shape index (κ3) is 7.23. The van der Waals surface area contributed by atoms with Crippen molar-refractivity contribution < 1.29 is 13.9 Å². The average Bonchev–Trinajstić information content (AvgIpc) is 2.51. The molecular formula is C17H26FNO2. The Labute approximate surface area is 126 Å². The summed E-state index contributed by atoms with van der Waals surface area (Å²) < 4.78 is 16.6. The van der Waals surface area contributed by atoms with Crippen LogP contribution < -0.4 is 5.73 Å². The molecule has 0 bridgehead atoms. The van der Waals surface area contributed by atoms with Crippen LogP contribution in [-0.4, -0.2) is 19.8 Å². The van der Waals surface area contributed by atoms with Crippen LogP contribution in [0.4, 0.5) is 4.39 Å². The molecule has 0 aromatic heterocycles. The number of ether oxygens (including phenoxy) is 1. The number of carbonyl (C=O) groups excluding carboxylic acids is 1. The van der Waals surface area contributed by atoms with Crippen LogP contribution in [0.1, 0.15) is 55.7 Å². The molecule has 0 aliphatic heterocycles. The van der Waals surface area contributed by atoms with E-state index in [4.69, 9.17) is 5.73 Å². The van der Waals surface area contributed by atoms with Crippen molar-refractivity contribution in [3.8, 4) is 0 Å². The number of alkyl halides is 1. The summed E-state index contributed by atoms with van der Waals surface area (Å²) in [5.74, 6) is -0.165. The predicted octanol–water partition coefficient (Wildman–Crippen LogP) is 3.71. The molecular weight excluding hydrogens is 269 g/mol. The van der Waals surface area contributed by atoms with Gasteiger partial charge in [-0.1, -0.05) is 37.1 Å². The summed E-state index contributed by atoms with van der Waals surface area (Å²) in [5.41, 5.74) is 8.45. The summed E-state index contributed by atoms with van der Waals surface area (Å²) in [6.45, 7) is -0.241. The van der Waals surface area contributed by atoms with Crippen LogP contribution in [-0.2, 0) is 16.0 Å². The standard InChI is InChI=1S/C17H26FNO2/c1-21-17(20)8-5-6-14-9-11-15(12-10-14)16(19)7-3-2-4-13-18/h9-12,16H,2-8,13,19H2,1H3. The molecule has 0 amide bonds. The molecule has 4 heteroatoms. The number of unbranched alkanes of at least 4 members (excludes halogenated alkanes) is 2. The predicted molar refractivity (Wildman–Crippen MR) is 82.8 cm³/mol. The van der Waals surface area contributed by atoms with Gasteiger partial charge in [0, 0.05) is 12.5 Å². The van der Waals surface area contributed by atoms with Gasteiger partial charge in [-0.05, 0) is 36.8 Å². The summed E-state index contributed by atoms with van der Waals surface area (Å²) in [4.78, 5) is 11.0. The molecule has 0 aliphatic carbocycles. The van der Waals surface area contributed by atoms with E-state index in [-0.39, 0.29) is 18.7 Å². The summed E-state index contributed by atoms with van der Waals surface area (Å²) >= 11 is 0. The molecule has 1 unspecified atom stereocenters. The third-order valence-corrected chi connectivity index (χ3v) is 3.63. The molecule has 0 saturated carbocycles. The van der Waals surface area contributed by atoms with Crippen LogP contribution in [0.2, 0.25) is 0 Å². The molecule has 0 aliphatic rings. The van der Waals surface area contributed by atoms with Crippen molar-refractivity contribution in [1.82, 2.24) is 0 Å². The highest BCUT2D eigenvalue weighted by molar-refractivity contribution is 5.69. The number of aryl methyl sites for hydroxylation is 1. The number of hydrogen-bond donors (Lipinski definition) is 1. The number of benzene rings is 1. The molecule has 0 spiro atoms. The third-order valence-electron chi connectivity index (χ3n) is 3.63. The van der Waals surface area contributed by atoms with E-state index in [9.17, 15) is 9.18 Å². The molecule has 1 atom stereocenters. The molecule has 0 fully saturated rings. The monoisotopic (exact) mass is 295 g/mol. The first-order valence-electron chi connectivity index (χ1n) is 7.64. The van der Waals surface area contributed by atoms with Crippen molar-refractivity contribution in [3.63, 3.8) is 0 Å². The fourth-order valence-electron chi connectivity index (χ4n) is 2.27. The number of carbonyl (C=O) groups is 1. The Morgan fingerprint density at radius 3 is 2.52 bits per heavy atom. The lowest BCUT2D eigenvalue weighted by Gasteiger charge is -2.12. The minimum Gasteiger partial charge on any atom is -0.469 e. The van der Waals surface area contributed by atoms with Gasteiger partial charge in [-0.3, -0.25) is 9.18 Å². The maximum atomic E-state index is 12.0. The van der Waals surface area contributed by atoms with Crippen LogP contribution in [0, 0.1) is 0 Å². The number of rotatable bonds is 10. The molecule has 118 valence electrons. The van der Waals surface area contributed by atoms with E-state index in [2.05, 4.69) is 16.9 Å². The Morgan fingerprint density at radius 1 is 1.19 bits per heavy atom. The Kier molecular flexibility index (Phi) is 8.67. The molecule has 2 N–H and O–H groups in total. The second kappa shape index (κ2) is 10.3. The number of halogens is 1. The molecule has 0 saturated heterocycles. The van der Waals surface area contributed by atoms with Gasteiger partial charge < -0.3 is 10.5 Å². The molecule has 1 aromatic carbocycles. The van der Waals surface area contributed by atoms with Gasteiger partial charge in [0.25, 0.3) is 0 Å². The number of esters is 1. The van der Waals surface area contributed by atoms with E-state index in [1.54, 1.807) is 0 Å². The molecule has 1 aromatic rings. The number of methoxy groups -OCH3 is 1. The lowest BCUT2D eigenvalue weighted by Crippen LogP contribution is -2.10. The van der Waals surface area contributed by atoms with E-state index in [1.807, 2.05) is 12.1 Å². The maximum absolute atomic E-state index is 12.0. The fraction of sp³-hybridized carbons (Fsp3) is 0.588. The van der Waals surface area contributed by atoms with Crippen LogP contribution in [0.15, 0.2) is 24.3 Å². The smallest absolute Gasteiger partial charge is 0.305 e. The first kappa shape index (κ1) is 17.6. The van der Waals surface area contributed by atoms with Gasteiger partial charge in [0.1, 0.15) is 0 Å². The van der Waals surface area contributed by atoms with Gasteiger partial charge >= 0.3 is 5.97 Å². The second-order valence-electron chi connectivity index (χ2n) is 5.32. The molecule has 21 heavy (non-hydrogen) atoms. The first-order valence-corrected chi connectivity index (χ1v) is 7.64. The molecule has 1 rings (SSSR count). The minimum atomic E-state index is -0.241. The first-order chi connectivity index (χ1) is 10.2. The quantitative estimate of drug-likeness (QED) is 0.529. The number of nitrogens with two attached hydrogens (primary N) is 1. The molecule has 0 radical (unpaired) electrons. The Bertz CT molecular complexity index is 406. The summed E-state index contributed by atoms with van der Waals surface area (Å²) in [6, 6.07) is 8.25. The van der Waals surface area contributed by atoms with E-state index in [1.165, 1.54) is 12.7 Å². The van der Waals surface area contributed by atoms with E-state index in [0.29, 0.717) is 12.8 Å². The van der Waals surface area contributed by atoms with Gasteiger partial charge in [-0.2, -0.15) is 0 Å². The summed E-state index contributed by atoms with van der Waals surface area (Å²) in [6.07, 6.45) is 5.49. The largest absolute Gasteiger partial charge is 0.469 e. The van der Waals surface area contributed by atoms with Gasteiger partial charge in [0.15, 0.2) is 0 Å². The zero-order valence-electron chi connectivity index (χ0n) is 12.8. The van der Waals surface area contributed by atoms with Crippen molar-refractivity contribution >= 4 is 5.97 Å². The van der Waals surface area contributed by atoms with Crippen molar-refractivity contribution in [2.75, 3.05) is 13.8 Å². The summed E-state index contributed by atoms with van der Waals surface area (Å²) in [5, 5.41) is 0. The zero-order valence-corrected chi connectivity index (χ0v) is 12.8. The van der Waals surface area contributed by atoms with Crippen molar-refractivity contribution in [1.29, 1.82) is 0 Å². The normalized spacial score (nSPS) is 12.1. The second-order valence-corrected chi connectivity index (χ2v) is 5.32. The Balaban J connectivity index is 2.33. The van der Waals surface area contributed by atoms with Crippen molar-refractivity contribution in [2.24, 2.45) is 5.73 Å². The van der Waals surface area contributed by atoms with Gasteiger partial charge in [0.05, 0.1) is 13.8 Å².